The second kappa shape index (κ2) is 15.2. The van der Waals surface area contributed by atoms with Gasteiger partial charge in [0.25, 0.3) is 0 Å². The fraction of sp³-hybridized carbons (Fsp3) is 0.600. The monoisotopic (exact) mass is 839 g/mol. The standard InChI is InChI=1S/C40H49N5O11S2/c1-16-10-19-11-22-38(49)45-23-12-53-39(50)21(41-25(47)9-7-6-8-24-29-20(13-57-24)42-40(51)43-29)14-58-37(31(45)30(44(22)4)26(19)32(48)33(16)52-5)28-27(23)36-35(54-15-55-36)17(2)34(28)56-18(3)46/h10,20-24,29-31,37-38,48-49H,6-9,11-15H2,1-5H3,(H,41,47)(H2,42,43,51)/t20?,21?,22-,23-,24?,29?,30+,31?,37+,38-/m0/s1. The van der Waals surface area contributed by atoms with Gasteiger partial charge in [0.2, 0.25) is 12.7 Å². The first-order chi connectivity index (χ1) is 27.9. The fourth-order valence-electron chi connectivity index (χ4n) is 10.4. The topological polar surface area (TPSA) is 197 Å². The molecule has 4 fully saturated rings. The van der Waals surface area contributed by atoms with Crippen molar-refractivity contribution in [1.29, 1.82) is 0 Å². The lowest BCUT2D eigenvalue weighted by molar-refractivity contribution is -0.184. The number of urea groups is 1. The zero-order chi connectivity index (χ0) is 40.7. The number of aliphatic hydroxyl groups excluding tert-OH is 1. The number of carbonyl (C=O) groups excluding carboxylic acids is 4. The molecule has 4 bridgehead atoms. The molecule has 4 saturated heterocycles. The van der Waals surface area contributed by atoms with E-state index in [1.54, 1.807) is 0 Å². The summed E-state index contributed by atoms with van der Waals surface area (Å²) in [5.74, 6) is 1.11. The van der Waals surface area contributed by atoms with Gasteiger partial charge in [-0.1, -0.05) is 12.5 Å². The Morgan fingerprint density at radius 2 is 1.83 bits per heavy atom. The Bertz CT molecular complexity index is 2070. The van der Waals surface area contributed by atoms with Crippen molar-refractivity contribution in [1.82, 2.24) is 25.8 Å². The minimum atomic E-state index is -1.05. The Morgan fingerprint density at radius 3 is 2.60 bits per heavy atom. The highest BCUT2D eigenvalue weighted by molar-refractivity contribution is 8.00. The number of nitrogens with zero attached hydrogens (tertiary/aromatic N) is 2. The highest BCUT2D eigenvalue weighted by atomic mass is 32.2. The van der Waals surface area contributed by atoms with Crippen molar-refractivity contribution in [2.45, 2.75) is 112 Å². The van der Waals surface area contributed by atoms with E-state index >= 15 is 0 Å². The van der Waals surface area contributed by atoms with Gasteiger partial charge in [-0.2, -0.15) is 11.8 Å². The summed E-state index contributed by atoms with van der Waals surface area (Å²) in [6.07, 6.45) is 1.87. The van der Waals surface area contributed by atoms with Crippen molar-refractivity contribution in [3.05, 3.63) is 39.4 Å². The largest absolute Gasteiger partial charge is 0.504 e. The molecular weight excluding hydrogens is 791 g/mol. The van der Waals surface area contributed by atoms with E-state index in [4.69, 9.17) is 23.7 Å². The molecule has 2 aromatic carbocycles. The van der Waals surface area contributed by atoms with Gasteiger partial charge in [-0.3, -0.25) is 19.4 Å². The number of methoxy groups -OCH3 is 1. The van der Waals surface area contributed by atoms with Crippen LogP contribution in [0.15, 0.2) is 6.07 Å². The van der Waals surface area contributed by atoms with Crippen LogP contribution >= 0.6 is 23.5 Å². The van der Waals surface area contributed by atoms with Crippen LogP contribution < -0.4 is 34.9 Å². The van der Waals surface area contributed by atoms with Crippen LogP contribution in [0.3, 0.4) is 0 Å². The van der Waals surface area contributed by atoms with Crippen LogP contribution in [0.25, 0.3) is 0 Å². The number of aryl methyl sites for hydroxylation is 1. The second-order valence-electron chi connectivity index (χ2n) is 16.2. The number of unbranched alkanes of at least 4 members (excludes halogenated alkanes) is 1. The molecule has 2 aromatic rings. The Morgan fingerprint density at radius 1 is 1.03 bits per heavy atom. The summed E-state index contributed by atoms with van der Waals surface area (Å²) < 4.78 is 30.0. The molecular formula is C40H49N5O11S2. The van der Waals surface area contributed by atoms with Crippen LogP contribution in [0.1, 0.15) is 83.3 Å². The molecule has 312 valence electrons. The van der Waals surface area contributed by atoms with E-state index < -0.39 is 53.6 Å². The SMILES string of the molecule is COc1c(C)cc2c(c1O)[C@@H]1C3[C@@H]4SCC(NC(=O)CCCCC5SCC6NC(=O)NC65)C(=O)OC[C@@H](c5c6c(c(C)c(OC(C)=O)c54)OCO6)N3[C@@H](O)[C@H](C2)N1C. The number of ether oxygens (including phenoxy) is 5. The number of esters is 2. The van der Waals surface area contributed by atoms with E-state index in [9.17, 15) is 29.4 Å². The van der Waals surface area contributed by atoms with Crippen LogP contribution in [-0.2, 0) is 25.5 Å². The highest BCUT2D eigenvalue weighted by Gasteiger charge is 2.60. The van der Waals surface area contributed by atoms with Gasteiger partial charge in [0.05, 0.1) is 42.6 Å². The number of likely N-dealkylation sites (N-methyl/N-ethyl adjacent to an activating group) is 1. The number of piperazine rings is 1. The lowest BCUT2D eigenvalue weighted by Gasteiger charge is -2.62. The zero-order valence-electron chi connectivity index (χ0n) is 33.0. The van der Waals surface area contributed by atoms with E-state index in [2.05, 4.69) is 20.9 Å². The molecule has 5 N–H and O–H groups in total. The summed E-state index contributed by atoms with van der Waals surface area (Å²) in [6.45, 7) is 4.74. The molecule has 8 aliphatic rings. The number of thioether (sulfide) groups is 2. The van der Waals surface area contributed by atoms with Crippen LogP contribution in [0.4, 0.5) is 4.79 Å². The normalized spacial score (nSPS) is 31.9. The third-order valence-electron chi connectivity index (χ3n) is 12.9. The van der Waals surface area contributed by atoms with Gasteiger partial charge in [-0.25, -0.2) is 9.59 Å². The molecule has 8 heterocycles. The summed E-state index contributed by atoms with van der Waals surface area (Å²) in [5, 5.41) is 33.0. The predicted molar refractivity (Wildman–Crippen MR) is 212 cm³/mol. The summed E-state index contributed by atoms with van der Waals surface area (Å²) in [4.78, 5) is 56.1. The van der Waals surface area contributed by atoms with E-state index in [0.29, 0.717) is 58.1 Å². The number of phenolic OH excluding ortho intramolecular Hbond substituents is 1. The molecule has 0 spiro atoms. The smallest absolute Gasteiger partial charge is 0.329 e. The second-order valence-corrected chi connectivity index (χ2v) is 18.7. The number of phenols is 1. The third-order valence-corrected chi connectivity index (χ3v) is 15.8. The molecule has 0 saturated carbocycles. The molecule has 3 amide bonds. The first kappa shape index (κ1) is 39.4. The number of benzene rings is 2. The molecule has 8 aliphatic heterocycles. The summed E-state index contributed by atoms with van der Waals surface area (Å²) in [5.41, 5.74) is 4.18. The van der Waals surface area contributed by atoms with Crippen LogP contribution in [-0.4, -0.2) is 125 Å². The van der Waals surface area contributed by atoms with Crippen molar-refractivity contribution in [2.75, 3.05) is 39.1 Å². The maximum atomic E-state index is 13.9. The number of hydrogen-bond donors (Lipinski definition) is 5. The van der Waals surface area contributed by atoms with Gasteiger partial charge in [-0.15, -0.1) is 11.8 Å². The molecule has 5 unspecified atom stereocenters. The summed E-state index contributed by atoms with van der Waals surface area (Å²) in [7, 11) is 3.46. The molecule has 10 atom stereocenters. The minimum absolute atomic E-state index is 0.0250. The maximum absolute atomic E-state index is 13.9. The molecule has 16 nitrogen and oxygen atoms in total. The van der Waals surface area contributed by atoms with E-state index in [0.717, 1.165) is 29.7 Å². The van der Waals surface area contributed by atoms with Crippen molar-refractivity contribution < 1.29 is 53.1 Å². The average Bonchev–Trinajstić information content (AvgIpc) is 3.91. The number of aromatic hydroxyl groups is 1. The lowest BCUT2D eigenvalue weighted by atomic mass is 9.73. The number of fused-ring (bicyclic) bond motifs is 11. The first-order valence-electron chi connectivity index (χ1n) is 19.8. The minimum Gasteiger partial charge on any atom is -0.504 e. The maximum Gasteiger partial charge on any atom is 0.329 e. The van der Waals surface area contributed by atoms with Crippen LogP contribution in [0, 0.1) is 13.8 Å². The van der Waals surface area contributed by atoms with Crippen molar-refractivity contribution in [2.24, 2.45) is 0 Å². The molecule has 10 rings (SSSR count). The molecule has 58 heavy (non-hydrogen) atoms. The number of amides is 3. The van der Waals surface area contributed by atoms with Crippen LogP contribution in [0.2, 0.25) is 0 Å². The number of nitrogens with one attached hydrogen (secondary N) is 3. The lowest BCUT2D eigenvalue weighted by Crippen LogP contribution is -2.69. The summed E-state index contributed by atoms with van der Waals surface area (Å²) >= 11 is 3.22. The Balaban J connectivity index is 1.07. The van der Waals surface area contributed by atoms with E-state index in [1.165, 1.54) is 25.8 Å². The summed E-state index contributed by atoms with van der Waals surface area (Å²) in [6, 6.07) is -1.16. The van der Waals surface area contributed by atoms with Gasteiger partial charge in [-0.05, 0) is 51.3 Å². The molecule has 0 radical (unpaired) electrons. The van der Waals surface area contributed by atoms with Gasteiger partial charge >= 0.3 is 18.0 Å². The van der Waals surface area contributed by atoms with Gasteiger partial charge in [0.1, 0.15) is 24.6 Å². The fourth-order valence-corrected chi connectivity index (χ4v) is 13.5. The molecule has 18 heteroatoms. The van der Waals surface area contributed by atoms with Gasteiger partial charge in [0.15, 0.2) is 23.0 Å². The van der Waals surface area contributed by atoms with Crippen molar-refractivity contribution in [3.8, 4) is 28.7 Å². The highest BCUT2D eigenvalue weighted by Crippen LogP contribution is 2.64. The van der Waals surface area contributed by atoms with Gasteiger partial charge < -0.3 is 49.8 Å². The number of hydrogen-bond acceptors (Lipinski definition) is 15. The number of rotatable bonds is 8. The molecule has 0 aromatic heterocycles. The van der Waals surface area contributed by atoms with Crippen molar-refractivity contribution >= 4 is 47.4 Å². The van der Waals surface area contributed by atoms with Crippen molar-refractivity contribution in [3.63, 3.8) is 0 Å². The number of carbonyl (C=O) groups is 4. The van der Waals surface area contributed by atoms with E-state index in [-0.39, 0.29) is 60.6 Å². The third kappa shape index (κ3) is 6.32. The predicted octanol–water partition coefficient (Wildman–Crippen LogP) is 2.87. The van der Waals surface area contributed by atoms with Gasteiger partial charge in [0, 0.05) is 58.4 Å². The van der Waals surface area contributed by atoms with E-state index in [1.807, 2.05) is 43.6 Å². The Hall–Kier alpha value is -4.10. The number of aliphatic hydroxyl groups is 1. The quantitative estimate of drug-likeness (QED) is 0.113. The zero-order valence-corrected chi connectivity index (χ0v) is 34.6. The average molecular weight is 840 g/mol. The Labute approximate surface area is 344 Å². The van der Waals surface area contributed by atoms with Crippen LogP contribution in [0.5, 0.6) is 28.7 Å². The molecule has 0 aliphatic carbocycles. The Kier molecular flexibility index (Phi) is 10.3. The first-order valence-corrected chi connectivity index (χ1v) is 21.9.